The monoisotopic (exact) mass is 187 g/mol. The topological polar surface area (TPSA) is 52.3 Å². The van der Waals surface area contributed by atoms with Gasteiger partial charge in [0.05, 0.1) is 12.8 Å². The fraction of sp³-hybridized carbons (Fsp3) is 0.429. The Morgan fingerprint density at radius 3 is 3.25 bits per heavy atom. The van der Waals surface area contributed by atoms with Crippen LogP contribution in [0.2, 0.25) is 0 Å². The molecule has 0 amide bonds. The van der Waals surface area contributed by atoms with Crippen LogP contribution in [0, 0.1) is 0 Å². The van der Waals surface area contributed by atoms with Crippen LogP contribution in [-0.2, 0) is 9.53 Å². The standard InChI is InChI=1S/C7H9NO3S/c1-2-10-6(9)5-12-7-8-3-4-11-7/h3-4H,2,5H2,1H3. The summed E-state index contributed by atoms with van der Waals surface area (Å²) >= 11 is 1.22. The quantitative estimate of drug-likeness (QED) is 0.525. The molecule has 0 spiro atoms. The van der Waals surface area contributed by atoms with Crippen molar-refractivity contribution in [3.63, 3.8) is 0 Å². The molecule has 0 radical (unpaired) electrons. The van der Waals surface area contributed by atoms with Crippen LogP contribution in [0.25, 0.3) is 0 Å². The molecule has 66 valence electrons. The molecule has 0 aliphatic rings. The number of nitrogens with zero attached hydrogens (tertiary/aromatic N) is 1. The minimum atomic E-state index is -0.249. The van der Waals surface area contributed by atoms with E-state index in [1.54, 1.807) is 6.92 Å². The van der Waals surface area contributed by atoms with Crippen LogP contribution in [0.15, 0.2) is 22.1 Å². The van der Waals surface area contributed by atoms with Crippen LogP contribution >= 0.6 is 11.8 Å². The van der Waals surface area contributed by atoms with Gasteiger partial charge in [0.25, 0.3) is 5.22 Å². The molecule has 0 unspecified atom stereocenters. The molecule has 1 rings (SSSR count). The Kier molecular flexibility index (Phi) is 3.66. The lowest BCUT2D eigenvalue weighted by Crippen LogP contribution is -2.06. The average Bonchev–Trinajstić information content (AvgIpc) is 2.53. The van der Waals surface area contributed by atoms with Gasteiger partial charge in [0, 0.05) is 0 Å². The second-order valence-electron chi connectivity index (χ2n) is 1.89. The van der Waals surface area contributed by atoms with E-state index in [1.807, 2.05) is 0 Å². The number of oxazole rings is 1. The van der Waals surface area contributed by atoms with Gasteiger partial charge < -0.3 is 9.15 Å². The molecule has 0 bridgehead atoms. The van der Waals surface area contributed by atoms with E-state index >= 15 is 0 Å². The van der Waals surface area contributed by atoms with Crippen LogP contribution in [0.5, 0.6) is 0 Å². The third-order valence-corrected chi connectivity index (χ3v) is 1.86. The number of ether oxygens (including phenoxy) is 1. The predicted molar refractivity (Wildman–Crippen MR) is 43.9 cm³/mol. The van der Waals surface area contributed by atoms with Gasteiger partial charge in [-0.05, 0) is 6.92 Å². The zero-order valence-corrected chi connectivity index (χ0v) is 7.47. The van der Waals surface area contributed by atoms with Crippen LogP contribution in [0.4, 0.5) is 0 Å². The minimum Gasteiger partial charge on any atom is -0.465 e. The smallest absolute Gasteiger partial charge is 0.316 e. The molecule has 1 aromatic heterocycles. The second kappa shape index (κ2) is 4.82. The lowest BCUT2D eigenvalue weighted by atomic mass is 10.8. The molecule has 0 aliphatic carbocycles. The Morgan fingerprint density at radius 2 is 2.67 bits per heavy atom. The van der Waals surface area contributed by atoms with Gasteiger partial charge in [0.2, 0.25) is 0 Å². The lowest BCUT2D eigenvalue weighted by Gasteiger charge is -1.97. The van der Waals surface area contributed by atoms with E-state index in [1.165, 1.54) is 24.2 Å². The minimum absolute atomic E-state index is 0.244. The molecule has 5 heteroatoms. The van der Waals surface area contributed by atoms with Gasteiger partial charge in [-0.3, -0.25) is 4.79 Å². The third kappa shape index (κ3) is 2.96. The number of carbonyl (C=O) groups excluding carboxylic acids is 1. The van der Waals surface area contributed by atoms with Crippen molar-refractivity contribution in [3.8, 4) is 0 Å². The largest absolute Gasteiger partial charge is 0.465 e. The van der Waals surface area contributed by atoms with E-state index < -0.39 is 0 Å². The highest BCUT2D eigenvalue weighted by molar-refractivity contribution is 7.99. The number of rotatable bonds is 4. The van der Waals surface area contributed by atoms with Crippen molar-refractivity contribution in [1.82, 2.24) is 4.98 Å². The first-order valence-corrected chi connectivity index (χ1v) is 4.49. The van der Waals surface area contributed by atoms with Crippen LogP contribution in [0.1, 0.15) is 6.92 Å². The summed E-state index contributed by atoms with van der Waals surface area (Å²) in [6.07, 6.45) is 3.00. The molecule has 1 heterocycles. The van der Waals surface area contributed by atoms with E-state index in [0.717, 1.165) is 0 Å². The fourth-order valence-electron chi connectivity index (χ4n) is 0.605. The molecule has 1 aromatic rings. The third-order valence-electron chi connectivity index (χ3n) is 1.03. The van der Waals surface area contributed by atoms with Gasteiger partial charge in [0.15, 0.2) is 0 Å². The molecule has 0 saturated carbocycles. The van der Waals surface area contributed by atoms with E-state index in [-0.39, 0.29) is 11.7 Å². The molecule has 4 nitrogen and oxygen atoms in total. The molecule has 0 saturated heterocycles. The normalized spacial score (nSPS) is 9.75. The van der Waals surface area contributed by atoms with E-state index in [0.29, 0.717) is 11.8 Å². The molecule has 12 heavy (non-hydrogen) atoms. The lowest BCUT2D eigenvalue weighted by molar-refractivity contribution is -0.139. The average molecular weight is 187 g/mol. The molecule has 0 fully saturated rings. The first kappa shape index (κ1) is 9.12. The molecule has 0 atom stereocenters. The second-order valence-corrected chi connectivity index (χ2v) is 2.82. The zero-order chi connectivity index (χ0) is 8.81. The summed E-state index contributed by atoms with van der Waals surface area (Å²) in [4.78, 5) is 14.7. The first-order valence-electron chi connectivity index (χ1n) is 3.51. The Bertz CT molecular complexity index is 235. The highest BCUT2D eigenvalue weighted by Gasteiger charge is 2.04. The maximum absolute atomic E-state index is 10.8. The zero-order valence-electron chi connectivity index (χ0n) is 6.65. The SMILES string of the molecule is CCOC(=O)CSc1ncco1. The molecule has 0 aliphatic heterocycles. The number of hydrogen-bond donors (Lipinski definition) is 0. The van der Waals surface area contributed by atoms with Crippen molar-refractivity contribution in [3.05, 3.63) is 12.5 Å². The number of hydrogen-bond acceptors (Lipinski definition) is 5. The molecular formula is C7H9NO3S. The number of carbonyl (C=O) groups is 1. The Morgan fingerprint density at radius 1 is 1.83 bits per heavy atom. The highest BCUT2D eigenvalue weighted by atomic mass is 32.2. The summed E-state index contributed by atoms with van der Waals surface area (Å²) in [5.74, 6) is -0.00495. The number of aromatic nitrogens is 1. The maximum Gasteiger partial charge on any atom is 0.316 e. The fourth-order valence-corrected chi connectivity index (χ4v) is 1.19. The summed E-state index contributed by atoms with van der Waals surface area (Å²) < 4.78 is 9.62. The Labute approximate surface area is 74.3 Å². The molecular weight excluding hydrogens is 178 g/mol. The summed E-state index contributed by atoms with van der Waals surface area (Å²) in [5, 5.41) is 0.489. The summed E-state index contributed by atoms with van der Waals surface area (Å²) in [6, 6.07) is 0. The summed E-state index contributed by atoms with van der Waals surface area (Å²) in [6.45, 7) is 2.18. The summed E-state index contributed by atoms with van der Waals surface area (Å²) in [7, 11) is 0. The molecule has 0 aromatic carbocycles. The van der Waals surface area contributed by atoms with Crippen LogP contribution in [-0.4, -0.2) is 23.3 Å². The van der Waals surface area contributed by atoms with Crippen molar-refractivity contribution in [2.45, 2.75) is 12.1 Å². The number of esters is 1. The predicted octanol–water partition coefficient (Wildman–Crippen LogP) is 1.33. The van der Waals surface area contributed by atoms with Gasteiger partial charge in [-0.15, -0.1) is 0 Å². The van der Waals surface area contributed by atoms with Crippen LogP contribution < -0.4 is 0 Å². The first-order chi connectivity index (χ1) is 5.83. The van der Waals surface area contributed by atoms with Crippen molar-refractivity contribution in [2.75, 3.05) is 12.4 Å². The van der Waals surface area contributed by atoms with E-state index in [9.17, 15) is 4.79 Å². The van der Waals surface area contributed by atoms with E-state index in [2.05, 4.69) is 4.98 Å². The van der Waals surface area contributed by atoms with Gasteiger partial charge >= 0.3 is 5.97 Å². The molecule has 0 N–H and O–H groups in total. The number of thioether (sulfide) groups is 1. The van der Waals surface area contributed by atoms with Gasteiger partial charge in [-0.2, -0.15) is 0 Å². The Hall–Kier alpha value is -0.970. The Balaban J connectivity index is 2.22. The van der Waals surface area contributed by atoms with Crippen LogP contribution in [0.3, 0.4) is 0 Å². The van der Waals surface area contributed by atoms with E-state index in [4.69, 9.17) is 9.15 Å². The van der Waals surface area contributed by atoms with Crippen molar-refractivity contribution in [2.24, 2.45) is 0 Å². The van der Waals surface area contributed by atoms with Gasteiger partial charge in [-0.25, -0.2) is 4.98 Å². The van der Waals surface area contributed by atoms with Gasteiger partial charge in [-0.1, -0.05) is 11.8 Å². The van der Waals surface area contributed by atoms with Gasteiger partial charge in [0.1, 0.15) is 12.0 Å². The summed E-state index contributed by atoms with van der Waals surface area (Å²) in [5.41, 5.74) is 0. The van der Waals surface area contributed by atoms with Crippen molar-refractivity contribution < 1.29 is 13.9 Å². The highest BCUT2D eigenvalue weighted by Crippen LogP contribution is 2.14. The maximum atomic E-state index is 10.8. The van der Waals surface area contributed by atoms with Crippen molar-refractivity contribution >= 4 is 17.7 Å². The van der Waals surface area contributed by atoms with Crippen molar-refractivity contribution in [1.29, 1.82) is 0 Å².